The Morgan fingerprint density at radius 2 is 1.81 bits per heavy atom. The largest absolute Gasteiger partial charge is 0.375 e. The minimum absolute atomic E-state index is 0.165. The second kappa shape index (κ2) is 10.7. The molecule has 0 saturated carbocycles. The Bertz CT molecular complexity index is 368. The van der Waals surface area contributed by atoms with Gasteiger partial charge >= 0.3 is 0 Å². The van der Waals surface area contributed by atoms with Gasteiger partial charge in [-0.3, -0.25) is 0 Å². The first-order chi connectivity index (χ1) is 10.2. The van der Waals surface area contributed by atoms with Crippen molar-refractivity contribution in [3.8, 4) is 0 Å². The van der Waals surface area contributed by atoms with Gasteiger partial charge < -0.3 is 10.1 Å². The molecule has 0 spiro atoms. The molecule has 0 aliphatic rings. The maximum atomic E-state index is 12.1. The molecule has 1 aromatic carbocycles. The second-order valence-electron chi connectivity index (χ2n) is 5.25. The average molecular weight is 299 g/mol. The van der Waals surface area contributed by atoms with E-state index in [4.69, 9.17) is 4.74 Å². The number of ether oxygens (including phenoxy) is 1. The van der Waals surface area contributed by atoms with Crippen molar-refractivity contribution in [2.45, 2.75) is 52.0 Å². The Morgan fingerprint density at radius 1 is 1.10 bits per heavy atom. The molecule has 0 heterocycles. The van der Waals surface area contributed by atoms with Gasteiger partial charge in [0.05, 0.1) is 0 Å². The standard InChI is InChI=1S/C17H27F2NO/c1-3-5-14-6-8-15(9-7-14)16(20-11-4-2)10-12-21-13-17(18)19/h6-9,16-17,20H,3-5,10-13H2,1-2H3. The topological polar surface area (TPSA) is 21.3 Å². The number of benzene rings is 1. The van der Waals surface area contributed by atoms with Crippen LogP contribution >= 0.6 is 0 Å². The van der Waals surface area contributed by atoms with Gasteiger partial charge in [0, 0.05) is 12.6 Å². The molecular weight excluding hydrogens is 272 g/mol. The van der Waals surface area contributed by atoms with Gasteiger partial charge in [-0.15, -0.1) is 0 Å². The van der Waals surface area contributed by atoms with Crippen molar-refractivity contribution in [2.24, 2.45) is 0 Å². The number of hydrogen-bond donors (Lipinski definition) is 1. The van der Waals surface area contributed by atoms with Crippen LogP contribution in [-0.4, -0.2) is 26.2 Å². The summed E-state index contributed by atoms with van der Waals surface area (Å²) < 4.78 is 29.1. The minimum atomic E-state index is -2.39. The quantitative estimate of drug-likeness (QED) is 0.613. The molecule has 0 amide bonds. The molecule has 21 heavy (non-hydrogen) atoms. The molecule has 4 heteroatoms. The minimum Gasteiger partial charge on any atom is -0.375 e. The van der Waals surface area contributed by atoms with E-state index in [0.29, 0.717) is 13.0 Å². The van der Waals surface area contributed by atoms with Gasteiger partial charge in [-0.25, -0.2) is 8.78 Å². The first-order valence-corrected chi connectivity index (χ1v) is 7.85. The van der Waals surface area contributed by atoms with Crippen LogP contribution in [0.4, 0.5) is 8.78 Å². The lowest BCUT2D eigenvalue weighted by atomic mass is 10.0. The predicted molar refractivity (Wildman–Crippen MR) is 82.9 cm³/mol. The highest BCUT2D eigenvalue weighted by molar-refractivity contribution is 5.25. The Balaban J connectivity index is 2.54. The first kappa shape index (κ1) is 18.1. The number of halogens is 2. The van der Waals surface area contributed by atoms with E-state index in [1.807, 2.05) is 0 Å². The van der Waals surface area contributed by atoms with Crippen molar-refractivity contribution in [1.82, 2.24) is 5.32 Å². The zero-order chi connectivity index (χ0) is 15.5. The van der Waals surface area contributed by atoms with Gasteiger partial charge in [0.25, 0.3) is 6.43 Å². The Hall–Kier alpha value is -1.00. The molecule has 0 aliphatic heterocycles. The number of aryl methyl sites for hydroxylation is 1. The van der Waals surface area contributed by atoms with Crippen LogP contribution in [-0.2, 0) is 11.2 Å². The third kappa shape index (κ3) is 7.53. The van der Waals surface area contributed by atoms with Crippen molar-refractivity contribution >= 4 is 0 Å². The monoisotopic (exact) mass is 299 g/mol. The van der Waals surface area contributed by atoms with E-state index >= 15 is 0 Å². The summed E-state index contributed by atoms with van der Waals surface area (Å²) in [6, 6.07) is 8.73. The highest BCUT2D eigenvalue weighted by Crippen LogP contribution is 2.18. The van der Waals surface area contributed by atoms with E-state index < -0.39 is 13.0 Å². The van der Waals surface area contributed by atoms with Crippen LogP contribution in [0.15, 0.2) is 24.3 Å². The summed E-state index contributed by atoms with van der Waals surface area (Å²) in [5.74, 6) is 0. The Labute approximate surface area is 126 Å². The van der Waals surface area contributed by atoms with Crippen molar-refractivity contribution in [3.63, 3.8) is 0 Å². The molecule has 1 unspecified atom stereocenters. The molecule has 0 saturated heterocycles. The van der Waals surface area contributed by atoms with Crippen LogP contribution in [0.2, 0.25) is 0 Å². The fourth-order valence-electron chi connectivity index (χ4n) is 2.28. The van der Waals surface area contributed by atoms with Crippen LogP contribution in [0.25, 0.3) is 0 Å². The lowest BCUT2D eigenvalue weighted by Crippen LogP contribution is -2.24. The van der Waals surface area contributed by atoms with E-state index in [-0.39, 0.29) is 6.04 Å². The smallest absolute Gasteiger partial charge is 0.261 e. The molecule has 2 nitrogen and oxygen atoms in total. The molecule has 0 fully saturated rings. The van der Waals surface area contributed by atoms with Crippen LogP contribution in [0.5, 0.6) is 0 Å². The van der Waals surface area contributed by atoms with Crippen LogP contribution < -0.4 is 5.32 Å². The number of rotatable bonds is 11. The maximum absolute atomic E-state index is 12.1. The van der Waals surface area contributed by atoms with Gasteiger partial charge in [-0.1, -0.05) is 44.5 Å². The molecule has 1 atom stereocenters. The normalized spacial score (nSPS) is 12.8. The van der Waals surface area contributed by atoms with E-state index in [2.05, 4.69) is 43.4 Å². The lowest BCUT2D eigenvalue weighted by molar-refractivity contribution is 0.0143. The number of hydrogen-bond acceptors (Lipinski definition) is 2. The zero-order valence-corrected chi connectivity index (χ0v) is 13.1. The summed E-state index contributed by atoms with van der Waals surface area (Å²) in [7, 11) is 0. The van der Waals surface area contributed by atoms with E-state index in [1.54, 1.807) is 0 Å². The predicted octanol–water partition coefficient (Wildman–Crippen LogP) is 4.35. The van der Waals surface area contributed by atoms with E-state index in [1.165, 1.54) is 11.1 Å². The molecule has 0 aromatic heterocycles. The highest BCUT2D eigenvalue weighted by Gasteiger charge is 2.11. The number of nitrogens with one attached hydrogen (secondary N) is 1. The summed E-state index contributed by atoms with van der Waals surface area (Å²) in [4.78, 5) is 0. The van der Waals surface area contributed by atoms with Gasteiger partial charge in [0.2, 0.25) is 0 Å². The molecule has 0 radical (unpaired) electrons. The van der Waals surface area contributed by atoms with Crippen molar-refractivity contribution in [3.05, 3.63) is 35.4 Å². The third-order valence-corrected chi connectivity index (χ3v) is 3.36. The van der Waals surface area contributed by atoms with Crippen LogP contribution in [0, 0.1) is 0 Å². The van der Waals surface area contributed by atoms with Gasteiger partial charge in [0.15, 0.2) is 0 Å². The molecule has 120 valence electrons. The molecule has 1 rings (SSSR count). The Kier molecular flexibility index (Phi) is 9.19. The first-order valence-electron chi connectivity index (χ1n) is 7.85. The van der Waals surface area contributed by atoms with Crippen molar-refractivity contribution in [2.75, 3.05) is 19.8 Å². The van der Waals surface area contributed by atoms with E-state index in [0.717, 1.165) is 25.8 Å². The maximum Gasteiger partial charge on any atom is 0.261 e. The summed E-state index contributed by atoms with van der Waals surface area (Å²) in [6.07, 6.45) is 1.59. The second-order valence-corrected chi connectivity index (χ2v) is 5.25. The summed E-state index contributed by atoms with van der Waals surface area (Å²) in [6.45, 7) is 5.07. The lowest BCUT2D eigenvalue weighted by Gasteiger charge is -2.19. The number of alkyl halides is 2. The average Bonchev–Trinajstić information content (AvgIpc) is 2.48. The van der Waals surface area contributed by atoms with Crippen molar-refractivity contribution < 1.29 is 13.5 Å². The fourth-order valence-corrected chi connectivity index (χ4v) is 2.28. The molecule has 0 bridgehead atoms. The van der Waals surface area contributed by atoms with Gasteiger partial charge in [-0.2, -0.15) is 0 Å². The molecule has 1 aromatic rings. The molecule has 0 aliphatic carbocycles. The molecule has 1 N–H and O–H groups in total. The Morgan fingerprint density at radius 3 is 2.38 bits per heavy atom. The summed E-state index contributed by atoms with van der Waals surface area (Å²) in [5, 5.41) is 3.46. The van der Waals surface area contributed by atoms with Crippen LogP contribution in [0.1, 0.15) is 50.3 Å². The zero-order valence-electron chi connectivity index (χ0n) is 13.1. The summed E-state index contributed by atoms with van der Waals surface area (Å²) in [5.41, 5.74) is 2.54. The van der Waals surface area contributed by atoms with E-state index in [9.17, 15) is 8.78 Å². The third-order valence-electron chi connectivity index (χ3n) is 3.36. The van der Waals surface area contributed by atoms with Crippen molar-refractivity contribution in [1.29, 1.82) is 0 Å². The van der Waals surface area contributed by atoms with Gasteiger partial charge in [-0.05, 0) is 36.9 Å². The SMILES string of the molecule is CCCNC(CCOCC(F)F)c1ccc(CCC)cc1. The summed E-state index contributed by atoms with van der Waals surface area (Å²) >= 11 is 0. The van der Waals surface area contributed by atoms with Crippen LogP contribution in [0.3, 0.4) is 0 Å². The fraction of sp³-hybridized carbons (Fsp3) is 0.647. The van der Waals surface area contributed by atoms with Gasteiger partial charge in [0.1, 0.15) is 6.61 Å². The molecular formula is C17H27F2NO. The highest BCUT2D eigenvalue weighted by atomic mass is 19.3.